The van der Waals surface area contributed by atoms with Crippen molar-refractivity contribution in [2.24, 2.45) is 0 Å². The van der Waals surface area contributed by atoms with Gasteiger partial charge in [0.15, 0.2) is 0 Å². The van der Waals surface area contributed by atoms with Crippen molar-refractivity contribution in [1.29, 1.82) is 0 Å². The predicted octanol–water partition coefficient (Wildman–Crippen LogP) is 1.92. The Kier molecular flexibility index (Phi) is 2.32. The predicted molar refractivity (Wildman–Crippen MR) is 82.5 cm³/mol. The third-order valence-corrected chi connectivity index (χ3v) is 3.08. The fourth-order valence-corrected chi connectivity index (χ4v) is 2.09. The van der Waals surface area contributed by atoms with Crippen molar-refractivity contribution in [3.63, 3.8) is 0 Å². The van der Waals surface area contributed by atoms with E-state index in [1.54, 1.807) is 25.1 Å². The number of cyclic esters (lactones) is 1. The third kappa shape index (κ3) is 3.19. The van der Waals surface area contributed by atoms with E-state index in [9.17, 15) is 4.79 Å². The van der Waals surface area contributed by atoms with Crippen LogP contribution in [0.15, 0.2) is 24.4 Å². The van der Waals surface area contributed by atoms with Gasteiger partial charge in [0.05, 0.1) is 8.76 Å². The minimum atomic E-state index is -2.29. The Morgan fingerprint density at radius 2 is 2.43 bits per heavy atom. The van der Waals surface area contributed by atoms with Crippen LogP contribution in [-0.2, 0) is 17.5 Å². The van der Waals surface area contributed by atoms with Gasteiger partial charge in [-0.3, -0.25) is 0 Å². The highest BCUT2D eigenvalue weighted by atomic mass is 16.6. The molecule has 1 saturated heterocycles. The molecular weight excluding hydrogens is 266 g/mol. The number of hydrogen-bond acceptors (Lipinski definition) is 3. The number of nitrogens with zero attached hydrogens (tertiary/aromatic N) is 1. The summed E-state index contributed by atoms with van der Waals surface area (Å²) in [6, 6.07) is 2.45. The van der Waals surface area contributed by atoms with E-state index in [-0.39, 0.29) is 23.8 Å². The van der Waals surface area contributed by atoms with Crippen LogP contribution in [0.4, 0.5) is 4.79 Å². The van der Waals surface area contributed by atoms with Crippen molar-refractivity contribution in [3.8, 4) is 0 Å². The zero-order chi connectivity index (χ0) is 20.2. The van der Waals surface area contributed by atoms with E-state index >= 15 is 0 Å². The summed E-state index contributed by atoms with van der Waals surface area (Å²) in [6.45, 7) is -0.392. The summed E-state index contributed by atoms with van der Waals surface area (Å²) in [5, 5.41) is 2.58. The molecule has 2 heterocycles. The summed E-state index contributed by atoms with van der Waals surface area (Å²) in [5.41, 5.74) is 0.731. The van der Waals surface area contributed by atoms with Gasteiger partial charge in [-0.2, -0.15) is 0 Å². The standard InChI is InChI=1S/C16H21N3O2/c1-19(2)6-5-12-9-17-15-4-3-11(8-14(12)15)7-13-10-21-16(20)18-13/h3-4,8-9,13,17H,5-7,10H2,1-2H3,(H,18,20)/t13-/m0/s1/i5D2,7D2,9D,13D. The van der Waals surface area contributed by atoms with Crippen molar-refractivity contribution >= 4 is 17.0 Å². The topological polar surface area (TPSA) is 57.4 Å². The minimum Gasteiger partial charge on any atom is -0.447 e. The number of likely N-dealkylation sites (N-methyl/N-ethyl adjacent to an activating group) is 1. The van der Waals surface area contributed by atoms with E-state index in [4.69, 9.17) is 13.0 Å². The molecule has 0 spiro atoms. The van der Waals surface area contributed by atoms with Crippen LogP contribution in [0.1, 0.15) is 19.4 Å². The molecule has 1 fully saturated rings. The number of benzene rings is 1. The SMILES string of the molecule is [2H]c1[nH]c2ccc(C([2H])([2H])[C@@]3([2H])COC(=O)N3)cc2c1C([2H])([2H])CN(C)C. The number of amides is 1. The van der Waals surface area contributed by atoms with E-state index in [1.165, 1.54) is 12.1 Å². The van der Waals surface area contributed by atoms with Gasteiger partial charge < -0.3 is 19.9 Å². The molecule has 1 amide bonds. The van der Waals surface area contributed by atoms with Crippen molar-refractivity contribution < 1.29 is 17.8 Å². The van der Waals surface area contributed by atoms with Crippen LogP contribution >= 0.6 is 0 Å². The first-order valence-corrected chi connectivity index (χ1v) is 6.60. The molecule has 1 aromatic carbocycles. The number of rotatable bonds is 5. The summed E-state index contributed by atoms with van der Waals surface area (Å²) < 4.78 is 54.7. The summed E-state index contributed by atoms with van der Waals surface area (Å²) >= 11 is 0. The van der Waals surface area contributed by atoms with Crippen molar-refractivity contribution in [1.82, 2.24) is 15.2 Å². The van der Waals surface area contributed by atoms with Gasteiger partial charge in [0.1, 0.15) is 6.61 Å². The number of carbonyl (C=O) groups excluding carboxylic acids is 1. The molecule has 2 aromatic rings. The molecule has 0 saturated carbocycles. The number of hydrogen-bond donors (Lipinski definition) is 2. The van der Waals surface area contributed by atoms with Crippen LogP contribution in [0.3, 0.4) is 0 Å². The first-order chi connectivity index (χ1) is 12.4. The minimum absolute atomic E-state index is 0.0508. The Morgan fingerprint density at radius 3 is 3.14 bits per heavy atom. The fraction of sp³-hybridized carbons (Fsp3) is 0.438. The summed E-state index contributed by atoms with van der Waals surface area (Å²) in [6.07, 6.45) is -5.06. The molecule has 0 bridgehead atoms. The van der Waals surface area contributed by atoms with Crippen molar-refractivity contribution in [2.45, 2.75) is 18.8 Å². The van der Waals surface area contributed by atoms with Gasteiger partial charge in [0.25, 0.3) is 0 Å². The molecule has 5 heteroatoms. The van der Waals surface area contributed by atoms with E-state index in [0.29, 0.717) is 10.9 Å². The molecule has 0 unspecified atom stereocenters. The maximum Gasteiger partial charge on any atom is 0.407 e. The molecule has 112 valence electrons. The second kappa shape index (κ2) is 5.77. The van der Waals surface area contributed by atoms with Crippen molar-refractivity contribution in [3.05, 3.63) is 35.5 Å². The van der Waals surface area contributed by atoms with E-state index in [1.807, 2.05) is 0 Å². The Labute approximate surface area is 132 Å². The average molecular weight is 293 g/mol. The van der Waals surface area contributed by atoms with E-state index in [0.717, 1.165) is 0 Å². The summed E-state index contributed by atoms with van der Waals surface area (Å²) in [4.78, 5) is 15.8. The monoisotopic (exact) mass is 293 g/mol. The van der Waals surface area contributed by atoms with Crippen LogP contribution in [0.25, 0.3) is 10.9 Å². The van der Waals surface area contributed by atoms with Crippen LogP contribution in [0.5, 0.6) is 0 Å². The highest BCUT2D eigenvalue weighted by molar-refractivity contribution is 5.84. The molecule has 21 heavy (non-hydrogen) atoms. The maximum atomic E-state index is 11.3. The lowest BCUT2D eigenvalue weighted by molar-refractivity contribution is 0.177. The average Bonchev–Trinajstić information content (AvgIpc) is 3.05. The van der Waals surface area contributed by atoms with Gasteiger partial charge in [-0.15, -0.1) is 0 Å². The number of carbonyl (C=O) groups is 1. The molecular formula is C16H21N3O2. The molecule has 0 aliphatic carbocycles. The number of aromatic nitrogens is 1. The quantitative estimate of drug-likeness (QED) is 0.885. The van der Waals surface area contributed by atoms with Crippen LogP contribution in [0.2, 0.25) is 0 Å². The van der Waals surface area contributed by atoms with Gasteiger partial charge in [-0.25, -0.2) is 4.79 Å². The van der Waals surface area contributed by atoms with Crippen molar-refractivity contribution in [2.75, 3.05) is 27.2 Å². The second-order valence-electron chi connectivity index (χ2n) is 5.10. The highest BCUT2D eigenvalue weighted by Gasteiger charge is 2.22. The van der Waals surface area contributed by atoms with Gasteiger partial charge >= 0.3 is 6.09 Å². The zero-order valence-corrected chi connectivity index (χ0v) is 11.9. The van der Waals surface area contributed by atoms with Crippen LogP contribution < -0.4 is 5.32 Å². The molecule has 1 aromatic heterocycles. The Balaban J connectivity index is 2.12. The van der Waals surface area contributed by atoms with Crippen LogP contribution in [-0.4, -0.2) is 49.2 Å². The number of H-pyrrole nitrogens is 1. The van der Waals surface area contributed by atoms with Gasteiger partial charge in [0, 0.05) is 29.1 Å². The molecule has 1 atom stereocenters. The van der Waals surface area contributed by atoms with E-state index < -0.39 is 31.5 Å². The first kappa shape index (κ1) is 8.44. The molecule has 2 N–H and O–H groups in total. The molecule has 0 radical (unpaired) electrons. The van der Waals surface area contributed by atoms with Gasteiger partial charge in [-0.1, -0.05) is 6.07 Å². The largest absolute Gasteiger partial charge is 0.447 e. The summed E-state index contributed by atoms with van der Waals surface area (Å²) in [5.74, 6) is 0. The van der Waals surface area contributed by atoms with E-state index in [2.05, 4.69) is 10.3 Å². The molecule has 1 aliphatic heterocycles. The number of ether oxygens (including phenoxy) is 1. The number of aromatic amines is 1. The molecule has 1 aliphatic rings. The zero-order valence-electron chi connectivity index (χ0n) is 17.9. The normalized spacial score (nSPS) is 27.3. The Bertz CT molecular complexity index is 898. The lowest BCUT2D eigenvalue weighted by Gasteiger charge is -2.09. The smallest absolute Gasteiger partial charge is 0.407 e. The number of fused-ring (bicyclic) bond motifs is 1. The fourth-order valence-electron chi connectivity index (χ4n) is 2.09. The summed E-state index contributed by atoms with van der Waals surface area (Å²) in [7, 11) is 3.46. The van der Waals surface area contributed by atoms with Crippen LogP contribution in [0, 0.1) is 0 Å². The Hall–Kier alpha value is -2.01. The Morgan fingerprint density at radius 1 is 1.57 bits per heavy atom. The second-order valence-corrected chi connectivity index (χ2v) is 5.10. The molecule has 3 rings (SSSR count). The lowest BCUT2D eigenvalue weighted by atomic mass is 10.0. The lowest BCUT2D eigenvalue weighted by Crippen LogP contribution is -2.28. The first-order valence-electron chi connectivity index (χ1n) is 9.60. The molecule has 5 nitrogen and oxygen atoms in total. The number of nitrogens with one attached hydrogen (secondary N) is 2. The maximum absolute atomic E-state index is 11.3. The third-order valence-electron chi connectivity index (χ3n) is 3.08. The van der Waals surface area contributed by atoms with Gasteiger partial charge in [0.2, 0.25) is 0 Å². The van der Waals surface area contributed by atoms with Gasteiger partial charge in [-0.05, 0) is 50.1 Å². The number of alkyl carbamates (subject to hydrolysis) is 1. The highest BCUT2D eigenvalue weighted by Crippen LogP contribution is 2.21.